The first-order valence-electron chi connectivity index (χ1n) is 9.17. The Morgan fingerprint density at radius 1 is 1.00 bits per heavy atom. The summed E-state index contributed by atoms with van der Waals surface area (Å²) in [5.74, 6) is 0.358. The second-order valence-electron chi connectivity index (χ2n) is 7.32. The van der Waals surface area contributed by atoms with Gasteiger partial charge < -0.3 is 15.7 Å². The van der Waals surface area contributed by atoms with Crippen molar-refractivity contribution in [3.8, 4) is 11.1 Å². The monoisotopic (exact) mass is 390 g/mol. The Bertz CT molecular complexity index is 816. The van der Waals surface area contributed by atoms with Gasteiger partial charge in [0.1, 0.15) is 5.82 Å². The van der Waals surface area contributed by atoms with Crippen LogP contribution in [-0.2, 0) is 0 Å². The summed E-state index contributed by atoms with van der Waals surface area (Å²) in [6.45, 7) is 1.88. The summed E-state index contributed by atoms with van der Waals surface area (Å²) in [6, 6.07) is 13.2. The van der Waals surface area contributed by atoms with E-state index in [4.69, 9.17) is 0 Å². The minimum absolute atomic E-state index is 0. The van der Waals surface area contributed by atoms with Crippen molar-refractivity contribution in [2.75, 3.05) is 13.1 Å². The number of nitrogens with one attached hydrogen (secondary N) is 2. The van der Waals surface area contributed by atoms with E-state index in [1.807, 2.05) is 0 Å². The number of amides is 1. The zero-order valence-corrected chi connectivity index (χ0v) is 15.7. The Kier molecular flexibility index (Phi) is 6.15. The molecule has 4 nitrogen and oxygen atoms in total. The maximum absolute atomic E-state index is 14.2. The highest BCUT2D eigenvalue weighted by Gasteiger charge is 2.39. The molecule has 1 heterocycles. The van der Waals surface area contributed by atoms with E-state index in [9.17, 15) is 14.3 Å². The van der Waals surface area contributed by atoms with E-state index in [1.165, 1.54) is 6.07 Å². The second-order valence-corrected chi connectivity index (χ2v) is 7.32. The van der Waals surface area contributed by atoms with Gasteiger partial charge >= 0.3 is 0 Å². The fourth-order valence-electron chi connectivity index (χ4n) is 4.29. The van der Waals surface area contributed by atoms with E-state index in [-0.39, 0.29) is 30.2 Å². The van der Waals surface area contributed by atoms with E-state index in [0.29, 0.717) is 34.9 Å². The molecule has 1 saturated carbocycles. The van der Waals surface area contributed by atoms with Crippen molar-refractivity contribution in [1.29, 1.82) is 0 Å². The lowest BCUT2D eigenvalue weighted by Gasteiger charge is -2.35. The van der Waals surface area contributed by atoms with Gasteiger partial charge in [0.25, 0.3) is 5.91 Å². The summed E-state index contributed by atoms with van der Waals surface area (Å²) >= 11 is 0. The molecule has 2 fully saturated rings. The molecule has 144 valence electrons. The molecule has 1 aliphatic carbocycles. The predicted octanol–water partition coefficient (Wildman–Crippen LogP) is 3.00. The number of halogens is 2. The third-order valence-corrected chi connectivity index (χ3v) is 5.70. The third-order valence-electron chi connectivity index (χ3n) is 5.70. The molecule has 2 aromatic rings. The Morgan fingerprint density at radius 2 is 1.63 bits per heavy atom. The van der Waals surface area contributed by atoms with Gasteiger partial charge in [-0.05, 0) is 55.5 Å². The molecular weight excluding hydrogens is 367 g/mol. The maximum atomic E-state index is 14.2. The van der Waals surface area contributed by atoms with Crippen molar-refractivity contribution < 1.29 is 14.3 Å². The summed E-state index contributed by atoms with van der Waals surface area (Å²) in [4.78, 5) is 12.9. The lowest BCUT2D eigenvalue weighted by atomic mass is 9.77. The van der Waals surface area contributed by atoms with Crippen LogP contribution in [0, 0.1) is 17.7 Å². The standard InChI is InChI=1S/C21H23FN2O2.ClH/c22-18-8-4-3-6-16(18)15-5-1-2-7-17(15)21(26)24-19-9-13-11-23-12-14(13)10-20(19)25;/h1-8,13-14,19-20,23,25H,9-12H2,(H,24,26);1H/t13-,14+,19-,20-;/m0./s1. The lowest BCUT2D eigenvalue weighted by Crippen LogP contribution is -2.49. The van der Waals surface area contributed by atoms with Gasteiger partial charge in [-0.15, -0.1) is 12.4 Å². The van der Waals surface area contributed by atoms with Gasteiger partial charge in [0.2, 0.25) is 0 Å². The van der Waals surface area contributed by atoms with E-state index in [1.54, 1.807) is 42.5 Å². The molecule has 3 N–H and O–H groups in total. The van der Waals surface area contributed by atoms with Crippen LogP contribution >= 0.6 is 12.4 Å². The summed E-state index contributed by atoms with van der Waals surface area (Å²) in [5, 5.41) is 16.8. The topological polar surface area (TPSA) is 61.4 Å². The Labute approximate surface area is 164 Å². The van der Waals surface area contributed by atoms with Crippen molar-refractivity contribution in [2.24, 2.45) is 11.8 Å². The minimum Gasteiger partial charge on any atom is -0.391 e. The summed E-state index contributed by atoms with van der Waals surface area (Å²) < 4.78 is 14.2. The normalized spacial score (nSPS) is 26.7. The average molecular weight is 391 g/mol. The summed E-state index contributed by atoms with van der Waals surface area (Å²) in [5.41, 5.74) is 1.40. The number of benzene rings is 2. The summed E-state index contributed by atoms with van der Waals surface area (Å²) in [7, 11) is 0. The molecule has 2 aromatic carbocycles. The highest BCUT2D eigenvalue weighted by atomic mass is 35.5. The number of aliphatic hydroxyl groups is 1. The first-order valence-corrected chi connectivity index (χ1v) is 9.17. The zero-order chi connectivity index (χ0) is 18.1. The van der Waals surface area contributed by atoms with Crippen LogP contribution in [0.1, 0.15) is 23.2 Å². The number of carbonyl (C=O) groups is 1. The number of carbonyl (C=O) groups excluding carboxylic acids is 1. The lowest BCUT2D eigenvalue weighted by molar-refractivity contribution is 0.0462. The van der Waals surface area contributed by atoms with Crippen LogP contribution in [0.25, 0.3) is 11.1 Å². The van der Waals surface area contributed by atoms with E-state index in [0.717, 1.165) is 19.5 Å². The molecule has 1 amide bonds. The molecule has 27 heavy (non-hydrogen) atoms. The van der Waals surface area contributed by atoms with Gasteiger partial charge in [-0.3, -0.25) is 4.79 Å². The molecule has 0 radical (unpaired) electrons. The maximum Gasteiger partial charge on any atom is 0.252 e. The van der Waals surface area contributed by atoms with Crippen LogP contribution < -0.4 is 10.6 Å². The van der Waals surface area contributed by atoms with Gasteiger partial charge in [0.15, 0.2) is 0 Å². The molecule has 4 atom stereocenters. The van der Waals surface area contributed by atoms with Crippen LogP contribution in [0.2, 0.25) is 0 Å². The van der Waals surface area contributed by atoms with Crippen molar-refractivity contribution in [3.63, 3.8) is 0 Å². The molecule has 1 saturated heterocycles. The first kappa shape index (κ1) is 19.8. The van der Waals surface area contributed by atoms with E-state index >= 15 is 0 Å². The number of hydrogen-bond acceptors (Lipinski definition) is 3. The highest BCUT2D eigenvalue weighted by Crippen LogP contribution is 2.33. The number of fused-ring (bicyclic) bond motifs is 1. The first-order chi connectivity index (χ1) is 12.6. The molecule has 0 aromatic heterocycles. The Morgan fingerprint density at radius 3 is 2.37 bits per heavy atom. The van der Waals surface area contributed by atoms with Gasteiger partial charge in [-0.25, -0.2) is 4.39 Å². The van der Waals surface area contributed by atoms with Crippen LogP contribution in [-0.4, -0.2) is 36.2 Å². The van der Waals surface area contributed by atoms with Gasteiger partial charge in [0, 0.05) is 11.1 Å². The molecule has 0 spiro atoms. The SMILES string of the molecule is Cl.O=C(N[C@H]1C[C@H]2CNC[C@H]2C[C@@H]1O)c1ccccc1-c1ccccc1F. The smallest absolute Gasteiger partial charge is 0.252 e. The van der Waals surface area contributed by atoms with Gasteiger partial charge in [-0.1, -0.05) is 36.4 Å². The van der Waals surface area contributed by atoms with E-state index in [2.05, 4.69) is 10.6 Å². The molecular formula is C21H24ClFN2O2. The van der Waals surface area contributed by atoms with E-state index < -0.39 is 6.10 Å². The molecule has 4 rings (SSSR count). The van der Waals surface area contributed by atoms with Gasteiger partial charge in [-0.2, -0.15) is 0 Å². The van der Waals surface area contributed by atoms with Crippen LogP contribution in [0.15, 0.2) is 48.5 Å². The quantitative estimate of drug-likeness (QED) is 0.755. The predicted molar refractivity (Wildman–Crippen MR) is 105 cm³/mol. The van der Waals surface area contributed by atoms with Crippen molar-refractivity contribution in [1.82, 2.24) is 10.6 Å². The largest absolute Gasteiger partial charge is 0.391 e. The fourth-order valence-corrected chi connectivity index (χ4v) is 4.29. The average Bonchev–Trinajstić information content (AvgIpc) is 3.09. The molecule has 6 heteroatoms. The molecule has 2 aliphatic rings. The van der Waals surface area contributed by atoms with Crippen molar-refractivity contribution >= 4 is 18.3 Å². The van der Waals surface area contributed by atoms with Crippen molar-refractivity contribution in [3.05, 3.63) is 59.9 Å². The van der Waals surface area contributed by atoms with Crippen LogP contribution in [0.4, 0.5) is 4.39 Å². The fraction of sp³-hybridized carbons (Fsp3) is 0.381. The Balaban J connectivity index is 0.00000210. The minimum atomic E-state index is -0.541. The molecule has 1 aliphatic heterocycles. The second kappa shape index (κ2) is 8.38. The number of rotatable bonds is 3. The van der Waals surface area contributed by atoms with Crippen molar-refractivity contribution in [2.45, 2.75) is 25.0 Å². The Hall–Kier alpha value is -1.95. The molecule has 0 unspecified atom stereocenters. The zero-order valence-electron chi connectivity index (χ0n) is 14.9. The number of aliphatic hydroxyl groups excluding tert-OH is 1. The highest BCUT2D eigenvalue weighted by molar-refractivity contribution is 6.01. The van der Waals surface area contributed by atoms with Crippen LogP contribution in [0.3, 0.4) is 0 Å². The van der Waals surface area contributed by atoms with Gasteiger partial charge in [0.05, 0.1) is 12.1 Å². The van der Waals surface area contributed by atoms with Crippen LogP contribution in [0.5, 0.6) is 0 Å². The molecule has 0 bridgehead atoms. The third kappa shape index (κ3) is 4.00. The summed E-state index contributed by atoms with van der Waals surface area (Å²) in [6.07, 6.45) is 0.935. The number of hydrogen-bond donors (Lipinski definition) is 3.